The minimum atomic E-state index is -4.46. The molecule has 4 nitrogen and oxygen atoms in total. The highest BCUT2D eigenvalue weighted by atomic mass is 32.2. The Morgan fingerprint density at radius 3 is 2.40 bits per heavy atom. The lowest BCUT2D eigenvalue weighted by Gasteiger charge is -2.11. The fourth-order valence-electron chi connectivity index (χ4n) is 3.90. The number of sulfone groups is 1. The van der Waals surface area contributed by atoms with Gasteiger partial charge in [0, 0.05) is 29.1 Å². The second-order valence-corrected chi connectivity index (χ2v) is 9.78. The van der Waals surface area contributed by atoms with Gasteiger partial charge in [-0.05, 0) is 48.6 Å². The van der Waals surface area contributed by atoms with Crippen LogP contribution in [0.15, 0.2) is 53.6 Å². The number of pyridine rings is 1. The van der Waals surface area contributed by atoms with E-state index in [1.54, 1.807) is 30.3 Å². The molecule has 30 heavy (non-hydrogen) atoms. The Kier molecular flexibility index (Phi) is 5.22. The fourth-order valence-corrected chi connectivity index (χ4v) is 4.53. The Morgan fingerprint density at radius 1 is 1.13 bits per heavy atom. The van der Waals surface area contributed by atoms with Crippen LogP contribution in [-0.4, -0.2) is 24.6 Å². The third-order valence-corrected chi connectivity index (χ3v) is 6.61. The number of nitrogens with zero attached hydrogens (tertiary/aromatic N) is 1. The van der Waals surface area contributed by atoms with Crippen molar-refractivity contribution in [2.75, 3.05) is 6.26 Å². The van der Waals surface area contributed by atoms with Gasteiger partial charge in [0.05, 0.1) is 10.5 Å². The Labute approximate surface area is 172 Å². The first kappa shape index (κ1) is 20.7. The zero-order valence-corrected chi connectivity index (χ0v) is 17.1. The molecule has 2 aromatic heterocycles. The monoisotopic (exact) mass is 434 g/mol. The van der Waals surface area contributed by atoms with E-state index in [4.69, 9.17) is 0 Å². The van der Waals surface area contributed by atoms with E-state index in [-0.39, 0.29) is 4.90 Å². The molecular weight excluding hydrogens is 413 g/mol. The number of aromatic nitrogens is 2. The lowest BCUT2D eigenvalue weighted by molar-refractivity contribution is -0.137. The summed E-state index contributed by atoms with van der Waals surface area (Å²) in [6.45, 7) is 0. The fraction of sp³-hybridized carbons (Fsp3) is 0.318. The number of hydrogen-bond donors (Lipinski definition) is 1. The topological polar surface area (TPSA) is 62.8 Å². The molecule has 0 saturated heterocycles. The molecule has 0 bridgehead atoms. The molecule has 2 heterocycles. The molecule has 1 saturated carbocycles. The first-order valence-electron chi connectivity index (χ1n) is 9.70. The Hall–Kier alpha value is -2.61. The molecule has 8 heteroatoms. The minimum absolute atomic E-state index is 0.222. The van der Waals surface area contributed by atoms with E-state index in [0.717, 1.165) is 55.3 Å². The van der Waals surface area contributed by atoms with E-state index in [0.29, 0.717) is 22.6 Å². The van der Waals surface area contributed by atoms with Crippen molar-refractivity contribution in [3.05, 3.63) is 65.5 Å². The Bertz CT molecular complexity index is 1200. The average Bonchev–Trinajstić information content (AvgIpc) is 3.33. The highest BCUT2D eigenvalue weighted by molar-refractivity contribution is 7.90. The summed E-state index contributed by atoms with van der Waals surface area (Å²) in [6.07, 6.45) is 4.06. The first-order chi connectivity index (χ1) is 14.1. The van der Waals surface area contributed by atoms with Crippen molar-refractivity contribution in [2.24, 2.45) is 5.92 Å². The highest BCUT2D eigenvalue weighted by Crippen LogP contribution is 2.35. The number of H-pyrrole nitrogens is 1. The van der Waals surface area contributed by atoms with Gasteiger partial charge in [-0.1, -0.05) is 31.1 Å². The third kappa shape index (κ3) is 4.28. The van der Waals surface area contributed by atoms with Crippen molar-refractivity contribution >= 4 is 26.4 Å². The van der Waals surface area contributed by atoms with E-state index in [9.17, 15) is 21.6 Å². The smallest absolute Gasteiger partial charge is 0.339 e. The number of aromatic amines is 1. The maximum absolute atomic E-state index is 13.0. The van der Waals surface area contributed by atoms with E-state index >= 15 is 0 Å². The summed E-state index contributed by atoms with van der Waals surface area (Å²) < 4.78 is 62.7. The lowest BCUT2D eigenvalue weighted by atomic mass is 9.96. The van der Waals surface area contributed by atoms with Crippen molar-refractivity contribution < 1.29 is 21.6 Å². The average molecular weight is 434 g/mol. The molecule has 3 aromatic rings. The molecule has 4 rings (SSSR count). The van der Waals surface area contributed by atoms with Gasteiger partial charge in [-0.2, -0.15) is 13.2 Å². The molecule has 0 amide bonds. The number of rotatable bonds is 4. The van der Waals surface area contributed by atoms with Crippen molar-refractivity contribution in [1.82, 2.24) is 9.97 Å². The molecule has 1 fully saturated rings. The number of allylic oxidation sites excluding steroid dienone is 1. The molecule has 0 spiro atoms. The summed E-state index contributed by atoms with van der Waals surface area (Å²) in [5, 5.41) is 0.380. The number of benzene rings is 1. The number of hydrogen-bond acceptors (Lipinski definition) is 3. The Morgan fingerprint density at radius 2 is 1.80 bits per heavy atom. The predicted octanol–water partition coefficient (Wildman–Crippen LogP) is 5.61. The van der Waals surface area contributed by atoms with Crippen LogP contribution < -0.4 is 0 Å². The molecule has 0 atom stereocenters. The molecule has 158 valence electrons. The molecular formula is C22H21F3N2O2S. The van der Waals surface area contributed by atoms with Gasteiger partial charge in [-0.15, -0.1) is 0 Å². The van der Waals surface area contributed by atoms with Gasteiger partial charge in [-0.3, -0.25) is 0 Å². The molecule has 0 unspecified atom stereocenters. The second-order valence-electron chi connectivity index (χ2n) is 7.76. The third-order valence-electron chi connectivity index (χ3n) is 5.48. The van der Waals surface area contributed by atoms with Gasteiger partial charge in [0.2, 0.25) is 0 Å². The SMILES string of the molecule is CS(=O)(=O)c1ccc(/C(=C\C2CCCC2)c2cc3cc(C(F)(F)F)cnc3[nH]2)cc1. The molecule has 0 aliphatic heterocycles. The second kappa shape index (κ2) is 7.58. The summed E-state index contributed by atoms with van der Waals surface area (Å²) >= 11 is 0. The van der Waals surface area contributed by atoms with Crippen LogP contribution in [0, 0.1) is 5.92 Å². The van der Waals surface area contributed by atoms with Gasteiger partial charge in [-0.25, -0.2) is 13.4 Å². The number of halogens is 3. The van der Waals surface area contributed by atoms with Crippen molar-refractivity contribution in [2.45, 2.75) is 36.8 Å². The summed E-state index contributed by atoms with van der Waals surface area (Å²) in [5.74, 6) is 0.375. The maximum atomic E-state index is 13.0. The predicted molar refractivity (Wildman–Crippen MR) is 110 cm³/mol. The van der Waals surface area contributed by atoms with Gasteiger partial charge in [0.1, 0.15) is 5.65 Å². The minimum Gasteiger partial charge on any atom is -0.339 e. The quantitative estimate of drug-likeness (QED) is 0.581. The summed E-state index contributed by atoms with van der Waals surface area (Å²) in [5.41, 5.74) is 1.89. The molecule has 0 radical (unpaired) electrons. The maximum Gasteiger partial charge on any atom is 0.417 e. The van der Waals surface area contributed by atoms with E-state index in [1.165, 1.54) is 0 Å². The van der Waals surface area contributed by atoms with Crippen molar-refractivity contribution in [3.63, 3.8) is 0 Å². The van der Waals surface area contributed by atoms with Crippen LogP contribution in [0.5, 0.6) is 0 Å². The molecule has 1 aliphatic carbocycles. The van der Waals surface area contributed by atoms with E-state index < -0.39 is 21.6 Å². The van der Waals surface area contributed by atoms with Crippen LogP contribution in [0.3, 0.4) is 0 Å². The van der Waals surface area contributed by atoms with Crippen LogP contribution in [0.25, 0.3) is 16.6 Å². The Balaban J connectivity index is 1.80. The van der Waals surface area contributed by atoms with Crippen LogP contribution >= 0.6 is 0 Å². The van der Waals surface area contributed by atoms with Crippen LogP contribution in [-0.2, 0) is 16.0 Å². The van der Waals surface area contributed by atoms with Crippen LogP contribution in [0.1, 0.15) is 42.5 Å². The van der Waals surface area contributed by atoms with E-state index in [1.807, 2.05) is 0 Å². The molecule has 1 aromatic carbocycles. The molecule has 1 aliphatic rings. The van der Waals surface area contributed by atoms with Gasteiger partial charge >= 0.3 is 6.18 Å². The molecule has 1 N–H and O–H groups in total. The van der Waals surface area contributed by atoms with Crippen molar-refractivity contribution in [1.29, 1.82) is 0 Å². The van der Waals surface area contributed by atoms with Gasteiger partial charge in [0.15, 0.2) is 9.84 Å². The summed E-state index contributed by atoms with van der Waals surface area (Å²) in [7, 11) is -3.32. The first-order valence-corrected chi connectivity index (χ1v) is 11.6. The number of alkyl halides is 3. The van der Waals surface area contributed by atoms with Crippen LogP contribution in [0.2, 0.25) is 0 Å². The summed E-state index contributed by atoms with van der Waals surface area (Å²) in [6, 6.07) is 9.32. The lowest BCUT2D eigenvalue weighted by Crippen LogP contribution is -2.04. The summed E-state index contributed by atoms with van der Waals surface area (Å²) in [4.78, 5) is 7.29. The number of nitrogens with one attached hydrogen (secondary N) is 1. The zero-order valence-electron chi connectivity index (χ0n) is 16.3. The standard InChI is InChI=1S/C22H21F3N2O2S/c1-30(28,29)18-8-6-15(7-9-18)19(10-14-4-2-3-5-14)20-12-16-11-17(22(23,24)25)13-26-21(16)27-20/h6-14H,2-5H2,1H3,(H,26,27)/b19-10+. The zero-order chi connectivity index (χ0) is 21.5. The van der Waals surface area contributed by atoms with Crippen molar-refractivity contribution in [3.8, 4) is 0 Å². The van der Waals surface area contributed by atoms with Gasteiger partial charge in [0.25, 0.3) is 0 Å². The largest absolute Gasteiger partial charge is 0.417 e. The highest BCUT2D eigenvalue weighted by Gasteiger charge is 2.31. The number of fused-ring (bicyclic) bond motifs is 1. The van der Waals surface area contributed by atoms with Crippen LogP contribution in [0.4, 0.5) is 13.2 Å². The van der Waals surface area contributed by atoms with E-state index in [2.05, 4.69) is 16.0 Å². The van der Waals surface area contributed by atoms with Gasteiger partial charge < -0.3 is 4.98 Å². The normalized spacial score (nSPS) is 16.5.